The Morgan fingerprint density at radius 3 is 2.83 bits per heavy atom. The van der Waals surface area contributed by atoms with Gasteiger partial charge in [-0.1, -0.05) is 18.2 Å². The van der Waals surface area contributed by atoms with Gasteiger partial charge in [-0.15, -0.1) is 0 Å². The Balaban J connectivity index is 1.68. The van der Waals surface area contributed by atoms with Crippen molar-refractivity contribution >= 4 is 28.8 Å². The standard InChI is InChI=1S/C26H33N7O2/c1-18-9-7-11-22-24(18)33(26(28-22)29-25(35)20-15-19(2)30-27-16-20)21-10-5-6-14-32(17-21)23(34)12-8-13-31(3)4/h7-9,11-12,15-16,21H,5-6,10,13-14,17H2,1-4H3,(H,28,29,35)/b12-8+. The van der Waals surface area contributed by atoms with Crippen LogP contribution in [0.3, 0.4) is 0 Å². The monoisotopic (exact) mass is 475 g/mol. The average Bonchev–Trinajstić information content (AvgIpc) is 3.01. The Morgan fingerprint density at radius 2 is 2.06 bits per heavy atom. The molecule has 35 heavy (non-hydrogen) atoms. The number of nitrogens with one attached hydrogen (secondary N) is 1. The molecule has 3 aromatic rings. The summed E-state index contributed by atoms with van der Waals surface area (Å²) in [6.45, 7) is 5.84. The Morgan fingerprint density at radius 1 is 1.23 bits per heavy atom. The molecule has 1 aliphatic heterocycles. The molecule has 1 saturated heterocycles. The fourth-order valence-electron chi connectivity index (χ4n) is 4.54. The van der Waals surface area contributed by atoms with Crippen LogP contribution in [0.5, 0.6) is 0 Å². The van der Waals surface area contributed by atoms with Gasteiger partial charge in [0.1, 0.15) is 0 Å². The van der Waals surface area contributed by atoms with Crippen LogP contribution < -0.4 is 5.32 Å². The normalized spacial score (nSPS) is 16.7. The van der Waals surface area contributed by atoms with Crippen molar-refractivity contribution < 1.29 is 9.59 Å². The maximum Gasteiger partial charge on any atom is 0.259 e. The smallest absolute Gasteiger partial charge is 0.259 e. The molecule has 3 heterocycles. The van der Waals surface area contributed by atoms with Crippen LogP contribution in [0, 0.1) is 13.8 Å². The molecule has 9 nitrogen and oxygen atoms in total. The number of fused-ring (bicyclic) bond motifs is 1. The summed E-state index contributed by atoms with van der Waals surface area (Å²) in [5.41, 5.74) is 3.97. The van der Waals surface area contributed by atoms with Gasteiger partial charge in [-0.3, -0.25) is 14.9 Å². The number of para-hydroxylation sites is 1. The minimum absolute atomic E-state index is 0.0117. The lowest BCUT2D eigenvalue weighted by Gasteiger charge is -2.26. The first kappa shape index (κ1) is 24.5. The number of aryl methyl sites for hydroxylation is 2. The third kappa shape index (κ3) is 5.74. The Bertz CT molecular complexity index is 1250. The highest BCUT2D eigenvalue weighted by Crippen LogP contribution is 2.32. The highest BCUT2D eigenvalue weighted by molar-refractivity contribution is 6.04. The van der Waals surface area contributed by atoms with Gasteiger partial charge in [0.25, 0.3) is 5.91 Å². The van der Waals surface area contributed by atoms with Gasteiger partial charge in [-0.2, -0.15) is 10.2 Å². The van der Waals surface area contributed by atoms with Gasteiger partial charge in [0.2, 0.25) is 11.9 Å². The van der Waals surface area contributed by atoms with E-state index in [1.165, 1.54) is 6.20 Å². The number of benzene rings is 1. The summed E-state index contributed by atoms with van der Waals surface area (Å²) < 4.78 is 2.11. The predicted molar refractivity (Wildman–Crippen MR) is 136 cm³/mol. The van der Waals surface area contributed by atoms with Gasteiger partial charge < -0.3 is 14.4 Å². The number of anilines is 1. The van der Waals surface area contributed by atoms with Gasteiger partial charge in [0.15, 0.2) is 0 Å². The van der Waals surface area contributed by atoms with E-state index in [9.17, 15) is 9.59 Å². The van der Waals surface area contributed by atoms with Crippen LogP contribution in [0.15, 0.2) is 42.6 Å². The van der Waals surface area contributed by atoms with Crippen LogP contribution in [-0.4, -0.2) is 75.1 Å². The van der Waals surface area contributed by atoms with E-state index in [2.05, 4.69) is 20.1 Å². The van der Waals surface area contributed by atoms with Crippen LogP contribution in [-0.2, 0) is 4.79 Å². The SMILES string of the molecule is Cc1cc(C(=O)Nc2nc3cccc(C)c3n2C2CCCCN(C(=O)/C=C/CN(C)C)C2)cnn1. The molecule has 2 aromatic heterocycles. The molecular formula is C26H33N7O2. The second kappa shape index (κ2) is 10.8. The summed E-state index contributed by atoms with van der Waals surface area (Å²) >= 11 is 0. The molecule has 2 amide bonds. The molecule has 0 aliphatic carbocycles. The molecule has 4 rings (SSSR count). The third-order valence-corrected chi connectivity index (χ3v) is 6.23. The maximum absolute atomic E-state index is 13.1. The van der Waals surface area contributed by atoms with E-state index in [0.717, 1.165) is 42.4 Å². The number of nitrogens with zero attached hydrogens (tertiary/aromatic N) is 6. The lowest BCUT2D eigenvalue weighted by molar-refractivity contribution is -0.126. The van der Waals surface area contributed by atoms with E-state index in [1.807, 2.05) is 55.1 Å². The fourth-order valence-corrected chi connectivity index (χ4v) is 4.54. The van der Waals surface area contributed by atoms with Crippen molar-refractivity contribution in [2.24, 2.45) is 0 Å². The molecule has 1 atom stereocenters. The van der Waals surface area contributed by atoms with Crippen molar-refractivity contribution in [1.82, 2.24) is 29.5 Å². The molecule has 1 unspecified atom stereocenters. The second-order valence-electron chi connectivity index (χ2n) is 9.39. The highest BCUT2D eigenvalue weighted by Gasteiger charge is 2.27. The first-order valence-corrected chi connectivity index (χ1v) is 12.0. The number of likely N-dealkylation sites (tertiary alicyclic amines) is 1. The van der Waals surface area contributed by atoms with E-state index >= 15 is 0 Å². The van der Waals surface area contributed by atoms with Crippen LogP contribution in [0.4, 0.5) is 5.95 Å². The van der Waals surface area contributed by atoms with E-state index in [1.54, 1.807) is 19.1 Å². The molecule has 1 fully saturated rings. The Kier molecular flexibility index (Phi) is 7.55. The number of hydrogen-bond acceptors (Lipinski definition) is 6. The van der Waals surface area contributed by atoms with Gasteiger partial charge >= 0.3 is 0 Å². The molecule has 9 heteroatoms. The van der Waals surface area contributed by atoms with E-state index in [4.69, 9.17) is 4.98 Å². The number of aromatic nitrogens is 4. The molecule has 0 spiro atoms. The quantitative estimate of drug-likeness (QED) is 0.549. The third-order valence-electron chi connectivity index (χ3n) is 6.23. The molecular weight excluding hydrogens is 442 g/mol. The van der Waals surface area contributed by atoms with Gasteiger partial charge in [-0.25, -0.2) is 4.98 Å². The lowest BCUT2D eigenvalue weighted by Crippen LogP contribution is -2.35. The van der Waals surface area contributed by atoms with Crippen LogP contribution in [0.2, 0.25) is 0 Å². The largest absolute Gasteiger partial charge is 0.337 e. The molecule has 1 aromatic carbocycles. The zero-order valence-electron chi connectivity index (χ0n) is 20.9. The number of rotatable bonds is 6. The van der Waals surface area contributed by atoms with Gasteiger partial charge in [0.05, 0.1) is 34.5 Å². The van der Waals surface area contributed by atoms with Gasteiger partial charge in [-0.05, 0) is 64.9 Å². The number of amides is 2. The van der Waals surface area contributed by atoms with Crippen molar-refractivity contribution in [3.05, 3.63) is 59.4 Å². The number of likely N-dealkylation sites (N-methyl/N-ethyl adjacent to an activating group) is 1. The van der Waals surface area contributed by atoms with Crippen LogP contribution in [0.25, 0.3) is 11.0 Å². The molecule has 0 saturated carbocycles. The topological polar surface area (TPSA) is 96.2 Å². The van der Waals surface area contributed by atoms with Crippen molar-refractivity contribution in [2.45, 2.75) is 39.2 Å². The Labute approximate surface area is 205 Å². The Hall–Kier alpha value is -3.59. The summed E-state index contributed by atoms with van der Waals surface area (Å²) in [6.07, 6.45) is 7.84. The van der Waals surface area contributed by atoms with Gasteiger partial charge in [0, 0.05) is 25.7 Å². The zero-order chi connectivity index (χ0) is 24.9. The van der Waals surface area contributed by atoms with Crippen LogP contribution in [0.1, 0.15) is 46.9 Å². The van der Waals surface area contributed by atoms with Crippen LogP contribution >= 0.6 is 0 Å². The van der Waals surface area contributed by atoms with E-state index in [0.29, 0.717) is 30.3 Å². The summed E-state index contributed by atoms with van der Waals surface area (Å²) in [4.78, 5) is 34.7. The molecule has 0 bridgehead atoms. The number of carbonyl (C=O) groups is 2. The van der Waals surface area contributed by atoms with E-state index in [-0.39, 0.29) is 17.9 Å². The zero-order valence-corrected chi connectivity index (χ0v) is 20.9. The molecule has 1 aliphatic rings. The molecule has 0 radical (unpaired) electrons. The number of carbonyl (C=O) groups excluding carboxylic acids is 2. The molecule has 1 N–H and O–H groups in total. The van der Waals surface area contributed by atoms with E-state index < -0.39 is 0 Å². The summed E-state index contributed by atoms with van der Waals surface area (Å²) in [7, 11) is 3.95. The average molecular weight is 476 g/mol. The molecule has 184 valence electrons. The lowest BCUT2D eigenvalue weighted by atomic mass is 10.1. The second-order valence-corrected chi connectivity index (χ2v) is 9.39. The first-order valence-electron chi connectivity index (χ1n) is 12.0. The van der Waals surface area contributed by atoms with Crippen molar-refractivity contribution in [3.8, 4) is 0 Å². The summed E-state index contributed by atoms with van der Waals surface area (Å²) in [6, 6.07) is 7.66. The van der Waals surface area contributed by atoms with Crippen molar-refractivity contribution in [3.63, 3.8) is 0 Å². The first-order chi connectivity index (χ1) is 16.8. The summed E-state index contributed by atoms with van der Waals surface area (Å²) in [5, 5.41) is 10.8. The van der Waals surface area contributed by atoms with Crippen molar-refractivity contribution in [1.29, 1.82) is 0 Å². The number of imidazole rings is 1. The fraction of sp³-hybridized carbons (Fsp3) is 0.423. The summed E-state index contributed by atoms with van der Waals surface area (Å²) in [5.74, 6) is 0.213. The number of hydrogen-bond donors (Lipinski definition) is 1. The van der Waals surface area contributed by atoms with Crippen molar-refractivity contribution in [2.75, 3.05) is 39.0 Å². The maximum atomic E-state index is 13.1. The minimum Gasteiger partial charge on any atom is -0.337 e. The predicted octanol–water partition coefficient (Wildman–Crippen LogP) is 3.37. The highest BCUT2D eigenvalue weighted by atomic mass is 16.2. The minimum atomic E-state index is -0.287.